The predicted molar refractivity (Wildman–Crippen MR) is 69.2 cm³/mol. The van der Waals surface area contributed by atoms with Gasteiger partial charge in [0.25, 0.3) is 0 Å². The molecular formula is C14H19NO3. The molecule has 18 heavy (non-hydrogen) atoms. The summed E-state index contributed by atoms with van der Waals surface area (Å²) in [7, 11) is 0. The average Bonchev–Trinajstić information content (AvgIpc) is 2.88. The lowest BCUT2D eigenvalue weighted by Crippen LogP contribution is -2.21. The minimum Gasteiger partial charge on any atom is -0.494 e. The third kappa shape index (κ3) is 3.74. The fraction of sp³-hybridized carbons (Fsp3) is 0.500. The van der Waals surface area contributed by atoms with Gasteiger partial charge in [0.15, 0.2) is 0 Å². The predicted octanol–water partition coefficient (Wildman–Crippen LogP) is 2.25. The highest BCUT2D eigenvalue weighted by Gasteiger charge is 2.10. The fourth-order valence-corrected chi connectivity index (χ4v) is 2.20. The van der Waals surface area contributed by atoms with E-state index in [2.05, 4.69) is 4.90 Å². The number of nitrogens with zero attached hydrogens (tertiary/aromatic N) is 1. The second-order valence-corrected chi connectivity index (χ2v) is 4.58. The van der Waals surface area contributed by atoms with Gasteiger partial charge in [0.1, 0.15) is 5.75 Å². The number of likely N-dealkylation sites (tertiary alicyclic amines) is 1. The summed E-state index contributed by atoms with van der Waals surface area (Å²) < 4.78 is 5.57. The minimum atomic E-state index is -0.919. The molecule has 98 valence electrons. The van der Waals surface area contributed by atoms with E-state index < -0.39 is 5.97 Å². The zero-order valence-electron chi connectivity index (χ0n) is 10.5. The molecule has 0 atom stereocenters. The number of rotatable bonds is 6. The number of carboxylic acid groups (broad SMARTS) is 1. The first kappa shape index (κ1) is 12.9. The summed E-state index contributed by atoms with van der Waals surface area (Å²) in [5, 5.41) is 8.86. The molecule has 0 aromatic heterocycles. The van der Waals surface area contributed by atoms with E-state index in [0.717, 1.165) is 13.0 Å². The Morgan fingerprint density at radius 3 is 2.83 bits per heavy atom. The number of ether oxygens (including phenoxy) is 1. The zero-order valence-corrected chi connectivity index (χ0v) is 10.5. The topological polar surface area (TPSA) is 49.8 Å². The van der Waals surface area contributed by atoms with Crippen molar-refractivity contribution in [2.24, 2.45) is 0 Å². The van der Waals surface area contributed by atoms with E-state index in [1.807, 2.05) is 0 Å². The van der Waals surface area contributed by atoms with Crippen LogP contribution in [0.2, 0.25) is 0 Å². The molecule has 1 aliphatic rings. The van der Waals surface area contributed by atoms with E-state index in [4.69, 9.17) is 9.84 Å². The van der Waals surface area contributed by atoms with Gasteiger partial charge in [-0.05, 0) is 50.6 Å². The van der Waals surface area contributed by atoms with Crippen LogP contribution in [0.1, 0.15) is 29.6 Å². The number of benzene rings is 1. The van der Waals surface area contributed by atoms with E-state index in [9.17, 15) is 4.79 Å². The van der Waals surface area contributed by atoms with Crippen LogP contribution in [0.4, 0.5) is 0 Å². The summed E-state index contributed by atoms with van der Waals surface area (Å²) in [5.41, 5.74) is 0.270. The molecule has 1 heterocycles. The van der Waals surface area contributed by atoms with Crippen molar-refractivity contribution in [3.8, 4) is 5.75 Å². The smallest absolute Gasteiger partial charge is 0.335 e. The van der Waals surface area contributed by atoms with E-state index in [1.54, 1.807) is 24.3 Å². The summed E-state index contributed by atoms with van der Waals surface area (Å²) in [6, 6.07) is 6.64. The Morgan fingerprint density at radius 2 is 2.11 bits per heavy atom. The van der Waals surface area contributed by atoms with Crippen LogP contribution in [0, 0.1) is 0 Å². The molecule has 1 saturated heterocycles. The number of hydrogen-bond donors (Lipinski definition) is 1. The van der Waals surface area contributed by atoms with Crippen LogP contribution in [-0.4, -0.2) is 42.2 Å². The maximum atomic E-state index is 10.8. The van der Waals surface area contributed by atoms with Gasteiger partial charge in [-0.15, -0.1) is 0 Å². The maximum Gasteiger partial charge on any atom is 0.335 e. The molecule has 1 aromatic carbocycles. The summed E-state index contributed by atoms with van der Waals surface area (Å²) in [6.45, 7) is 4.11. The Morgan fingerprint density at radius 1 is 1.33 bits per heavy atom. The highest BCUT2D eigenvalue weighted by atomic mass is 16.5. The molecule has 1 aliphatic heterocycles. The van der Waals surface area contributed by atoms with Crippen molar-refractivity contribution in [2.45, 2.75) is 19.3 Å². The van der Waals surface area contributed by atoms with Crippen LogP contribution in [0.3, 0.4) is 0 Å². The lowest BCUT2D eigenvalue weighted by Gasteiger charge is -2.14. The second-order valence-electron chi connectivity index (χ2n) is 4.58. The lowest BCUT2D eigenvalue weighted by molar-refractivity contribution is 0.0696. The fourth-order valence-electron chi connectivity index (χ4n) is 2.20. The molecule has 1 N–H and O–H groups in total. The van der Waals surface area contributed by atoms with Gasteiger partial charge >= 0.3 is 5.97 Å². The van der Waals surface area contributed by atoms with Crippen LogP contribution in [0.5, 0.6) is 5.75 Å². The molecule has 2 rings (SSSR count). The van der Waals surface area contributed by atoms with Crippen LogP contribution in [-0.2, 0) is 0 Å². The Labute approximate surface area is 107 Å². The Balaban J connectivity index is 1.72. The molecule has 4 heteroatoms. The zero-order chi connectivity index (χ0) is 12.8. The molecular weight excluding hydrogens is 230 g/mol. The summed E-state index contributed by atoms with van der Waals surface area (Å²) in [6.07, 6.45) is 3.60. The first-order chi connectivity index (χ1) is 8.75. The van der Waals surface area contributed by atoms with Crippen molar-refractivity contribution >= 4 is 5.97 Å². The van der Waals surface area contributed by atoms with Crippen molar-refractivity contribution in [2.75, 3.05) is 26.2 Å². The third-order valence-electron chi connectivity index (χ3n) is 3.17. The van der Waals surface area contributed by atoms with Crippen LogP contribution < -0.4 is 4.74 Å². The standard InChI is InChI=1S/C14H19NO3/c16-14(17)12-5-3-6-13(11-12)18-10-4-9-15-7-1-2-8-15/h3,5-6,11H,1-2,4,7-10H2,(H,16,17). The van der Waals surface area contributed by atoms with Gasteiger partial charge in [0.05, 0.1) is 12.2 Å². The molecule has 1 fully saturated rings. The van der Waals surface area contributed by atoms with E-state index in [0.29, 0.717) is 12.4 Å². The SMILES string of the molecule is O=C(O)c1cccc(OCCCN2CCCC2)c1. The average molecular weight is 249 g/mol. The van der Waals surface area contributed by atoms with Gasteiger partial charge in [0.2, 0.25) is 0 Å². The van der Waals surface area contributed by atoms with Gasteiger partial charge in [0, 0.05) is 6.54 Å². The maximum absolute atomic E-state index is 10.8. The van der Waals surface area contributed by atoms with Crippen molar-refractivity contribution in [1.82, 2.24) is 4.90 Å². The monoisotopic (exact) mass is 249 g/mol. The molecule has 0 unspecified atom stereocenters. The number of aromatic carboxylic acids is 1. The lowest BCUT2D eigenvalue weighted by atomic mass is 10.2. The number of hydrogen-bond acceptors (Lipinski definition) is 3. The minimum absolute atomic E-state index is 0.270. The Hall–Kier alpha value is -1.55. The van der Waals surface area contributed by atoms with Gasteiger partial charge in [-0.25, -0.2) is 4.79 Å². The van der Waals surface area contributed by atoms with Crippen molar-refractivity contribution in [3.05, 3.63) is 29.8 Å². The first-order valence-corrected chi connectivity index (χ1v) is 6.44. The van der Waals surface area contributed by atoms with Crippen molar-refractivity contribution in [1.29, 1.82) is 0 Å². The van der Waals surface area contributed by atoms with Crippen molar-refractivity contribution in [3.63, 3.8) is 0 Å². The molecule has 1 aromatic rings. The Kier molecular flexibility index (Phi) is 4.59. The highest BCUT2D eigenvalue weighted by Crippen LogP contribution is 2.14. The van der Waals surface area contributed by atoms with E-state index in [1.165, 1.54) is 25.9 Å². The summed E-state index contributed by atoms with van der Waals surface area (Å²) in [5.74, 6) is -0.283. The quantitative estimate of drug-likeness (QED) is 0.786. The van der Waals surface area contributed by atoms with Gasteiger partial charge in [-0.1, -0.05) is 6.07 Å². The van der Waals surface area contributed by atoms with Gasteiger partial charge in [-0.3, -0.25) is 0 Å². The molecule has 4 nitrogen and oxygen atoms in total. The molecule has 0 bridgehead atoms. The molecule has 0 saturated carbocycles. The third-order valence-corrected chi connectivity index (χ3v) is 3.17. The van der Waals surface area contributed by atoms with E-state index >= 15 is 0 Å². The first-order valence-electron chi connectivity index (χ1n) is 6.44. The van der Waals surface area contributed by atoms with Crippen LogP contribution in [0.15, 0.2) is 24.3 Å². The molecule has 0 radical (unpaired) electrons. The number of carbonyl (C=O) groups is 1. The van der Waals surface area contributed by atoms with Crippen molar-refractivity contribution < 1.29 is 14.6 Å². The van der Waals surface area contributed by atoms with Gasteiger partial charge in [-0.2, -0.15) is 0 Å². The second kappa shape index (κ2) is 6.40. The van der Waals surface area contributed by atoms with E-state index in [-0.39, 0.29) is 5.56 Å². The van der Waals surface area contributed by atoms with Gasteiger partial charge < -0.3 is 14.7 Å². The van der Waals surface area contributed by atoms with Crippen LogP contribution in [0.25, 0.3) is 0 Å². The summed E-state index contributed by atoms with van der Waals surface area (Å²) >= 11 is 0. The summed E-state index contributed by atoms with van der Waals surface area (Å²) in [4.78, 5) is 13.2. The normalized spacial score (nSPS) is 15.8. The largest absolute Gasteiger partial charge is 0.494 e. The number of carboxylic acids is 1. The highest BCUT2D eigenvalue weighted by molar-refractivity contribution is 5.87. The molecule has 0 amide bonds. The molecule has 0 spiro atoms. The van der Waals surface area contributed by atoms with Crippen LogP contribution >= 0.6 is 0 Å². The molecule has 0 aliphatic carbocycles. The Bertz CT molecular complexity index is 400.